The third kappa shape index (κ3) is 2.42. The molecule has 90 valence electrons. The van der Waals surface area contributed by atoms with Crippen LogP contribution >= 0.6 is 11.6 Å². The minimum absolute atomic E-state index is 0.311. The van der Waals surface area contributed by atoms with Crippen LogP contribution < -0.4 is 0 Å². The normalized spacial score (nSPS) is 12.6. The first-order valence-corrected chi connectivity index (χ1v) is 5.73. The van der Waals surface area contributed by atoms with Gasteiger partial charge in [0.05, 0.1) is 6.61 Å². The topological polar surface area (TPSA) is 52.3 Å². The summed E-state index contributed by atoms with van der Waals surface area (Å²) in [5.74, 6) is 0.129. The van der Waals surface area contributed by atoms with Crippen LogP contribution in [0.25, 0.3) is 11.1 Å². The van der Waals surface area contributed by atoms with E-state index in [9.17, 15) is 4.79 Å². The molecule has 2 aromatic rings. The second kappa shape index (κ2) is 4.75. The molecular weight excluding hydrogens is 242 g/mol. The van der Waals surface area contributed by atoms with Gasteiger partial charge in [0.1, 0.15) is 5.52 Å². The summed E-state index contributed by atoms with van der Waals surface area (Å²) in [6.45, 7) is 3.82. The molecule has 0 N–H and O–H groups in total. The van der Waals surface area contributed by atoms with Gasteiger partial charge in [-0.25, -0.2) is 4.98 Å². The Morgan fingerprint density at radius 3 is 3.06 bits per heavy atom. The van der Waals surface area contributed by atoms with E-state index in [4.69, 9.17) is 20.8 Å². The fraction of sp³-hybridized carbons (Fsp3) is 0.333. The van der Waals surface area contributed by atoms with Crippen molar-refractivity contribution in [3.63, 3.8) is 0 Å². The zero-order chi connectivity index (χ0) is 12.4. The Bertz CT molecular complexity index is 550. The predicted molar refractivity (Wildman–Crippen MR) is 64.0 cm³/mol. The van der Waals surface area contributed by atoms with E-state index in [1.807, 2.05) is 0 Å². The van der Waals surface area contributed by atoms with E-state index in [2.05, 4.69) is 4.98 Å². The number of benzene rings is 1. The summed E-state index contributed by atoms with van der Waals surface area (Å²) < 4.78 is 10.2. The van der Waals surface area contributed by atoms with Gasteiger partial charge in [0.2, 0.25) is 0 Å². The van der Waals surface area contributed by atoms with Crippen LogP contribution in [0.5, 0.6) is 0 Å². The number of alkyl halides is 1. The average molecular weight is 254 g/mol. The van der Waals surface area contributed by atoms with E-state index in [1.165, 1.54) is 0 Å². The van der Waals surface area contributed by atoms with E-state index in [-0.39, 0.29) is 0 Å². The van der Waals surface area contributed by atoms with E-state index < -0.39 is 11.3 Å². The molecule has 2 rings (SSSR count). The highest BCUT2D eigenvalue weighted by Crippen LogP contribution is 2.26. The Labute approximate surface area is 104 Å². The summed E-state index contributed by atoms with van der Waals surface area (Å²) in [5, 5.41) is -0.815. The fourth-order valence-electron chi connectivity index (χ4n) is 1.57. The van der Waals surface area contributed by atoms with E-state index in [1.54, 1.807) is 32.0 Å². The smallest absolute Gasteiger partial charge is 0.328 e. The van der Waals surface area contributed by atoms with E-state index in [0.29, 0.717) is 23.6 Å². The molecule has 0 amide bonds. The highest BCUT2D eigenvalue weighted by molar-refractivity contribution is 6.30. The van der Waals surface area contributed by atoms with Crippen molar-refractivity contribution in [2.75, 3.05) is 6.61 Å². The van der Waals surface area contributed by atoms with Crippen molar-refractivity contribution >= 4 is 28.7 Å². The van der Waals surface area contributed by atoms with Crippen molar-refractivity contribution in [1.82, 2.24) is 4.98 Å². The number of nitrogens with zero attached hydrogens (tertiary/aromatic N) is 1. The fourth-order valence-corrected chi connectivity index (χ4v) is 1.76. The number of ether oxygens (including phenoxy) is 1. The molecule has 0 saturated carbocycles. The minimum Gasteiger partial charge on any atom is -0.465 e. The first-order chi connectivity index (χ1) is 8.11. The molecule has 1 heterocycles. The molecule has 1 aromatic carbocycles. The summed E-state index contributed by atoms with van der Waals surface area (Å²) in [6, 6.07) is 5.23. The van der Waals surface area contributed by atoms with Crippen LogP contribution in [0, 0.1) is 6.92 Å². The third-order valence-electron chi connectivity index (χ3n) is 2.31. The van der Waals surface area contributed by atoms with Crippen LogP contribution in [0.15, 0.2) is 22.6 Å². The molecule has 1 aromatic heterocycles. The van der Waals surface area contributed by atoms with Crippen molar-refractivity contribution in [3.05, 3.63) is 29.7 Å². The van der Waals surface area contributed by atoms with Crippen LogP contribution in [-0.4, -0.2) is 17.6 Å². The molecule has 0 aliphatic rings. The lowest BCUT2D eigenvalue weighted by Gasteiger charge is -2.08. The van der Waals surface area contributed by atoms with Crippen molar-refractivity contribution in [2.45, 2.75) is 19.2 Å². The standard InChI is InChI=1S/C12H12ClNO3/c1-3-16-12(15)11(13)8-4-5-9-10(6-8)17-7(2)14-9/h4-6,11H,3H2,1-2H3. The molecule has 5 heteroatoms. The van der Waals surface area contributed by atoms with Gasteiger partial charge in [-0.15, -0.1) is 11.6 Å². The van der Waals surface area contributed by atoms with Gasteiger partial charge < -0.3 is 9.15 Å². The highest BCUT2D eigenvalue weighted by Gasteiger charge is 2.19. The van der Waals surface area contributed by atoms with Gasteiger partial charge >= 0.3 is 5.97 Å². The Morgan fingerprint density at radius 1 is 1.59 bits per heavy atom. The molecule has 0 spiro atoms. The first kappa shape index (κ1) is 11.9. The van der Waals surface area contributed by atoms with Crippen molar-refractivity contribution in [1.29, 1.82) is 0 Å². The van der Waals surface area contributed by atoms with Gasteiger partial charge in [-0.2, -0.15) is 0 Å². The Balaban J connectivity index is 2.32. The maximum atomic E-state index is 11.5. The number of hydrogen-bond acceptors (Lipinski definition) is 4. The van der Waals surface area contributed by atoms with Gasteiger partial charge in [-0.05, 0) is 24.6 Å². The molecule has 0 aliphatic heterocycles. The Hall–Kier alpha value is -1.55. The van der Waals surface area contributed by atoms with Gasteiger partial charge in [0, 0.05) is 6.92 Å². The molecule has 4 nitrogen and oxygen atoms in total. The number of fused-ring (bicyclic) bond motifs is 1. The van der Waals surface area contributed by atoms with Gasteiger partial charge in [0.15, 0.2) is 16.9 Å². The number of aryl methyl sites for hydroxylation is 1. The SMILES string of the molecule is CCOC(=O)C(Cl)c1ccc2nc(C)oc2c1. The monoisotopic (exact) mass is 253 g/mol. The molecule has 0 fully saturated rings. The van der Waals surface area contributed by atoms with Gasteiger partial charge in [-0.1, -0.05) is 6.07 Å². The predicted octanol–water partition coefficient (Wildman–Crippen LogP) is 2.98. The Kier molecular flexibility index (Phi) is 3.33. The second-order valence-electron chi connectivity index (χ2n) is 3.57. The Morgan fingerprint density at radius 2 is 2.35 bits per heavy atom. The third-order valence-corrected chi connectivity index (χ3v) is 2.74. The molecule has 0 bridgehead atoms. The van der Waals surface area contributed by atoms with Crippen molar-refractivity contribution < 1.29 is 13.9 Å². The molecule has 1 unspecified atom stereocenters. The molecule has 0 aliphatic carbocycles. The quantitative estimate of drug-likeness (QED) is 0.623. The summed E-state index contributed by atoms with van der Waals surface area (Å²) in [6.07, 6.45) is 0. The number of oxazole rings is 1. The average Bonchev–Trinajstić information content (AvgIpc) is 2.67. The number of esters is 1. The number of aromatic nitrogens is 1. The van der Waals surface area contributed by atoms with Crippen LogP contribution in [0.4, 0.5) is 0 Å². The van der Waals surface area contributed by atoms with Crippen LogP contribution in [0.1, 0.15) is 23.8 Å². The van der Waals surface area contributed by atoms with E-state index in [0.717, 1.165) is 5.52 Å². The van der Waals surface area contributed by atoms with Crippen molar-refractivity contribution in [3.8, 4) is 0 Å². The number of hydrogen-bond donors (Lipinski definition) is 0. The van der Waals surface area contributed by atoms with Crippen LogP contribution in [0.3, 0.4) is 0 Å². The molecule has 0 radical (unpaired) electrons. The lowest BCUT2D eigenvalue weighted by Crippen LogP contribution is -2.10. The van der Waals surface area contributed by atoms with Crippen LogP contribution in [-0.2, 0) is 9.53 Å². The maximum Gasteiger partial charge on any atom is 0.328 e. The lowest BCUT2D eigenvalue weighted by molar-refractivity contribution is -0.142. The number of rotatable bonds is 3. The molecule has 1 atom stereocenters. The molecule has 0 saturated heterocycles. The zero-order valence-electron chi connectivity index (χ0n) is 9.57. The van der Waals surface area contributed by atoms with Crippen LogP contribution in [0.2, 0.25) is 0 Å². The number of carbonyl (C=O) groups excluding carboxylic acids is 1. The van der Waals surface area contributed by atoms with Gasteiger partial charge in [0.25, 0.3) is 0 Å². The minimum atomic E-state index is -0.815. The largest absolute Gasteiger partial charge is 0.465 e. The van der Waals surface area contributed by atoms with E-state index >= 15 is 0 Å². The second-order valence-corrected chi connectivity index (χ2v) is 4.01. The molecule has 17 heavy (non-hydrogen) atoms. The number of halogens is 1. The summed E-state index contributed by atoms with van der Waals surface area (Å²) in [5.41, 5.74) is 2.02. The highest BCUT2D eigenvalue weighted by atomic mass is 35.5. The first-order valence-electron chi connectivity index (χ1n) is 5.29. The maximum absolute atomic E-state index is 11.5. The van der Waals surface area contributed by atoms with Gasteiger partial charge in [-0.3, -0.25) is 4.79 Å². The summed E-state index contributed by atoms with van der Waals surface area (Å²) in [7, 11) is 0. The number of carbonyl (C=O) groups is 1. The summed E-state index contributed by atoms with van der Waals surface area (Å²) >= 11 is 6.01. The lowest BCUT2D eigenvalue weighted by atomic mass is 10.1. The summed E-state index contributed by atoms with van der Waals surface area (Å²) in [4.78, 5) is 15.7. The molecular formula is C12H12ClNO3. The van der Waals surface area contributed by atoms with Crippen molar-refractivity contribution in [2.24, 2.45) is 0 Å². The zero-order valence-corrected chi connectivity index (χ0v) is 10.3.